The Bertz CT molecular complexity index is 690. The van der Waals surface area contributed by atoms with Crippen LogP contribution in [0.5, 0.6) is 11.5 Å². The highest BCUT2D eigenvalue weighted by atomic mass is 35.5. The van der Waals surface area contributed by atoms with Crippen LogP contribution < -0.4 is 22.0 Å². The van der Waals surface area contributed by atoms with Gasteiger partial charge in [-0.2, -0.15) is 0 Å². The first-order valence-electron chi connectivity index (χ1n) is 7.72. The number of hydrogen-bond acceptors (Lipinski definition) is 3. The Labute approximate surface area is 146 Å². The number of carboxylic acids is 1. The van der Waals surface area contributed by atoms with E-state index < -0.39 is 12.0 Å². The number of phenols is 1. The second-order valence-corrected chi connectivity index (χ2v) is 5.73. The molecule has 5 nitrogen and oxygen atoms in total. The zero-order valence-corrected chi connectivity index (χ0v) is 13.9. The normalized spacial score (nSPS) is 19.3. The van der Waals surface area contributed by atoms with E-state index in [4.69, 9.17) is 4.74 Å². The van der Waals surface area contributed by atoms with Crippen LogP contribution in [0.2, 0.25) is 0 Å². The van der Waals surface area contributed by atoms with Gasteiger partial charge in [0.05, 0.1) is 6.54 Å². The van der Waals surface area contributed by atoms with Gasteiger partial charge in [0.1, 0.15) is 24.7 Å². The van der Waals surface area contributed by atoms with Gasteiger partial charge in [0.15, 0.2) is 0 Å². The van der Waals surface area contributed by atoms with E-state index in [0.717, 1.165) is 21.8 Å². The summed E-state index contributed by atoms with van der Waals surface area (Å²) in [5.41, 5.74) is 1.61. The molecule has 6 heteroatoms. The molecule has 2 aromatic rings. The molecule has 2 aliphatic heterocycles. The van der Waals surface area contributed by atoms with E-state index in [9.17, 15) is 15.0 Å². The van der Waals surface area contributed by atoms with Gasteiger partial charge < -0.3 is 32.3 Å². The number of carboxylic acid groups (broad SMARTS) is 1. The SMILES string of the molecule is O=C(O)C1c2ccc(cc2)OCC[NH+]1CCc1ccccc1O.[Cl-]. The zero-order valence-electron chi connectivity index (χ0n) is 13.1. The quantitative estimate of drug-likeness (QED) is 0.599. The van der Waals surface area contributed by atoms with Crippen LogP contribution in [-0.4, -0.2) is 35.9 Å². The van der Waals surface area contributed by atoms with Crippen LogP contribution in [0.4, 0.5) is 0 Å². The van der Waals surface area contributed by atoms with E-state index in [1.165, 1.54) is 0 Å². The molecule has 2 bridgehead atoms. The Balaban J connectivity index is 0.00000208. The monoisotopic (exact) mass is 349 g/mol. The number of benzene rings is 2. The lowest BCUT2D eigenvalue weighted by atomic mass is 10.0. The maximum atomic E-state index is 11.8. The lowest BCUT2D eigenvalue weighted by Crippen LogP contribution is -3.14. The van der Waals surface area contributed by atoms with Gasteiger partial charge in [-0.05, 0) is 35.9 Å². The van der Waals surface area contributed by atoms with Gasteiger partial charge in [0, 0.05) is 12.0 Å². The smallest absolute Gasteiger partial charge is 0.367 e. The number of aliphatic carboxylic acids is 1. The predicted octanol–water partition coefficient (Wildman–Crippen LogP) is -1.96. The maximum absolute atomic E-state index is 11.8. The highest BCUT2D eigenvalue weighted by molar-refractivity contribution is 5.74. The molecule has 2 heterocycles. The molecule has 0 spiro atoms. The molecule has 3 N–H and O–H groups in total. The van der Waals surface area contributed by atoms with Crippen molar-refractivity contribution in [3.05, 3.63) is 59.7 Å². The molecule has 2 atom stereocenters. The fourth-order valence-corrected chi connectivity index (χ4v) is 3.04. The van der Waals surface area contributed by atoms with E-state index in [-0.39, 0.29) is 18.2 Å². The van der Waals surface area contributed by atoms with Crippen LogP contribution in [0.3, 0.4) is 0 Å². The molecular weight excluding hydrogens is 330 g/mol. The van der Waals surface area contributed by atoms with E-state index in [0.29, 0.717) is 26.1 Å². The van der Waals surface area contributed by atoms with Crippen LogP contribution in [0.1, 0.15) is 17.2 Å². The topological polar surface area (TPSA) is 71.2 Å². The fourth-order valence-electron chi connectivity index (χ4n) is 3.04. The molecular formula is C18H20ClNO4. The van der Waals surface area contributed by atoms with Gasteiger partial charge in [0.2, 0.25) is 6.04 Å². The van der Waals surface area contributed by atoms with Crippen molar-refractivity contribution in [2.75, 3.05) is 19.7 Å². The number of ether oxygens (including phenoxy) is 1. The second kappa shape index (κ2) is 8.04. The zero-order chi connectivity index (χ0) is 16.2. The highest BCUT2D eigenvalue weighted by Gasteiger charge is 2.32. The molecule has 0 amide bonds. The van der Waals surface area contributed by atoms with Crippen molar-refractivity contribution in [2.24, 2.45) is 0 Å². The molecule has 0 aliphatic carbocycles. The summed E-state index contributed by atoms with van der Waals surface area (Å²) in [4.78, 5) is 12.7. The summed E-state index contributed by atoms with van der Waals surface area (Å²) in [6.45, 7) is 1.68. The minimum absolute atomic E-state index is 0. The average molecular weight is 350 g/mol. The number of aromatic hydroxyl groups is 1. The van der Waals surface area contributed by atoms with Crippen molar-refractivity contribution >= 4 is 5.97 Å². The molecule has 0 aromatic heterocycles. The van der Waals surface area contributed by atoms with Gasteiger partial charge in [-0.15, -0.1) is 0 Å². The van der Waals surface area contributed by atoms with Crippen molar-refractivity contribution in [3.8, 4) is 11.5 Å². The summed E-state index contributed by atoms with van der Waals surface area (Å²) in [5, 5.41) is 19.6. The van der Waals surface area contributed by atoms with E-state index in [1.54, 1.807) is 12.1 Å². The summed E-state index contributed by atoms with van der Waals surface area (Å²) in [5.74, 6) is 0.176. The molecule has 2 unspecified atom stereocenters. The van der Waals surface area contributed by atoms with E-state index in [1.807, 2.05) is 36.4 Å². The molecule has 0 radical (unpaired) electrons. The first kappa shape index (κ1) is 18.1. The number of carbonyl (C=O) groups is 1. The second-order valence-electron chi connectivity index (χ2n) is 5.73. The minimum Gasteiger partial charge on any atom is -1.00 e. The lowest BCUT2D eigenvalue weighted by molar-refractivity contribution is -0.922. The first-order chi connectivity index (χ1) is 11.1. The van der Waals surface area contributed by atoms with Gasteiger partial charge in [0.25, 0.3) is 0 Å². The van der Waals surface area contributed by atoms with Crippen molar-refractivity contribution < 1.29 is 37.1 Å². The van der Waals surface area contributed by atoms with Gasteiger partial charge in [-0.1, -0.05) is 18.2 Å². The fraction of sp³-hybridized carbons (Fsp3) is 0.278. The Kier molecular flexibility index (Phi) is 6.06. The number of hydrogen-bond donors (Lipinski definition) is 3. The third kappa shape index (κ3) is 3.99. The summed E-state index contributed by atoms with van der Waals surface area (Å²) >= 11 is 0. The Morgan fingerprint density at radius 3 is 2.54 bits per heavy atom. The molecule has 0 fully saturated rings. The van der Waals surface area contributed by atoms with Crippen LogP contribution in [0.25, 0.3) is 0 Å². The number of para-hydroxylation sites is 1. The number of halogens is 1. The standard InChI is InChI=1S/C18H19NO4.ClH/c20-16-4-2-1-3-13(16)9-10-19-11-12-23-15-7-5-14(6-8-15)17(19)18(21)22;/h1-8,17,20H,9-12H2,(H,21,22);1H. The maximum Gasteiger partial charge on any atom is 0.367 e. The summed E-state index contributed by atoms with van der Waals surface area (Å²) in [6, 6.07) is 13.8. The van der Waals surface area contributed by atoms with Crippen molar-refractivity contribution in [2.45, 2.75) is 12.5 Å². The molecule has 0 saturated carbocycles. The molecule has 4 rings (SSSR count). The third-order valence-electron chi connectivity index (χ3n) is 4.27. The highest BCUT2D eigenvalue weighted by Crippen LogP contribution is 2.19. The average Bonchev–Trinajstić information content (AvgIpc) is 2.68. The number of rotatable bonds is 4. The molecule has 128 valence electrons. The predicted molar refractivity (Wildman–Crippen MR) is 84.8 cm³/mol. The van der Waals surface area contributed by atoms with Crippen LogP contribution in [-0.2, 0) is 11.2 Å². The van der Waals surface area contributed by atoms with Crippen LogP contribution in [0.15, 0.2) is 48.5 Å². The molecule has 0 saturated heterocycles. The number of quaternary nitrogens is 1. The van der Waals surface area contributed by atoms with Gasteiger partial charge in [-0.3, -0.25) is 0 Å². The number of nitrogens with one attached hydrogen (secondary N) is 1. The summed E-state index contributed by atoms with van der Waals surface area (Å²) in [6.07, 6.45) is 0.614. The van der Waals surface area contributed by atoms with E-state index in [2.05, 4.69) is 0 Å². The number of phenolic OH excluding ortho intramolecular Hbond substituents is 1. The van der Waals surface area contributed by atoms with Crippen molar-refractivity contribution in [3.63, 3.8) is 0 Å². The Morgan fingerprint density at radius 1 is 1.17 bits per heavy atom. The van der Waals surface area contributed by atoms with Crippen LogP contribution >= 0.6 is 0 Å². The Morgan fingerprint density at radius 2 is 1.88 bits per heavy atom. The molecule has 2 aliphatic rings. The van der Waals surface area contributed by atoms with Crippen molar-refractivity contribution in [1.82, 2.24) is 0 Å². The van der Waals surface area contributed by atoms with Gasteiger partial charge in [-0.25, -0.2) is 4.79 Å². The lowest BCUT2D eigenvalue weighted by Gasteiger charge is -2.25. The molecule has 24 heavy (non-hydrogen) atoms. The summed E-state index contributed by atoms with van der Waals surface area (Å²) < 4.78 is 5.65. The molecule has 2 aromatic carbocycles. The van der Waals surface area contributed by atoms with E-state index >= 15 is 0 Å². The van der Waals surface area contributed by atoms with Crippen LogP contribution in [0, 0.1) is 0 Å². The minimum atomic E-state index is -0.841. The first-order valence-corrected chi connectivity index (χ1v) is 7.72. The third-order valence-corrected chi connectivity index (χ3v) is 4.27. The Hall–Kier alpha value is -2.24. The largest absolute Gasteiger partial charge is 1.00 e. The van der Waals surface area contributed by atoms with Crippen molar-refractivity contribution in [1.29, 1.82) is 0 Å². The number of fused-ring (bicyclic) bond motifs is 6. The van der Waals surface area contributed by atoms with Gasteiger partial charge >= 0.3 is 5.97 Å². The summed E-state index contributed by atoms with van der Waals surface area (Å²) in [7, 11) is 0.